The maximum atomic E-state index is 12.6. The molecular formula is C19H19N3O3S. The molecule has 26 heavy (non-hydrogen) atoms. The summed E-state index contributed by atoms with van der Waals surface area (Å²) in [6.07, 6.45) is 1.74. The first-order valence-corrected chi connectivity index (χ1v) is 9.22. The van der Waals surface area contributed by atoms with Gasteiger partial charge in [-0.05, 0) is 53.6 Å². The molecule has 2 N–H and O–H groups in total. The van der Waals surface area contributed by atoms with E-state index in [1.165, 1.54) is 5.56 Å². The lowest BCUT2D eigenvalue weighted by atomic mass is 10.1. The van der Waals surface area contributed by atoms with Crippen LogP contribution in [0.1, 0.15) is 34.1 Å². The Labute approximate surface area is 155 Å². The van der Waals surface area contributed by atoms with Crippen LogP contribution in [-0.4, -0.2) is 30.3 Å². The molecule has 134 valence electrons. The number of nitrogens with one attached hydrogen (secondary N) is 2. The van der Waals surface area contributed by atoms with E-state index in [9.17, 15) is 4.79 Å². The molecule has 0 unspecified atom stereocenters. The molecule has 0 saturated heterocycles. The highest BCUT2D eigenvalue weighted by Gasteiger charge is 2.27. The van der Waals surface area contributed by atoms with Crippen molar-refractivity contribution in [2.45, 2.75) is 18.9 Å². The molecule has 7 heteroatoms. The fraction of sp³-hybridized carbons (Fsp3) is 0.263. The molecule has 0 fully saturated rings. The minimum Gasteiger partial charge on any atom is -0.493 e. The first-order chi connectivity index (χ1) is 12.7. The lowest BCUT2D eigenvalue weighted by molar-refractivity contribution is 0.0931. The van der Waals surface area contributed by atoms with Crippen LogP contribution >= 0.6 is 11.3 Å². The van der Waals surface area contributed by atoms with Crippen LogP contribution in [0.2, 0.25) is 0 Å². The van der Waals surface area contributed by atoms with Gasteiger partial charge in [0.05, 0.1) is 30.8 Å². The van der Waals surface area contributed by atoms with Crippen LogP contribution in [0.4, 0.5) is 0 Å². The van der Waals surface area contributed by atoms with E-state index in [0.29, 0.717) is 17.2 Å². The monoisotopic (exact) mass is 369 g/mol. The first kappa shape index (κ1) is 16.7. The maximum absolute atomic E-state index is 12.6. The molecule has 0 saturated carbocycles. The second kappa shape index (κ2) is 6.84. The number of carbonyl (C=O) groups excluding carboxylic acids is 1. The number of methoxy groups -OCH3 is 2. The molecule has 1 aliphatic rings. The van der Waals surface area contributed by atoms with Crippen molar-refractivity contribution < 1.29 is 14.3 Å². The highest BCUT2D eigenvalue weighted by atomic mass is 32.1. The second-order valence-corrected chi connectivity index (χ2v) is 7.06. The van der Waals surface area contributed by atoms with E-state index in [1.807, 2.05) is 29.6 Å². The predicted octanol–water partition coefficient (Wildman–Crippen LogP) is 3.57. The van der Waals surface area contributed by atoms with E-state index < -0.39 is 0 Å². The molecule has 1 atom stereocenters. The van der Waals surface area contributed by atoms with Crippen molar-refractivity contribution in [3.05, 3.63) is 52.5 Å². The average Bonchev–Trinajstić information content (AvgIpc) is 3.40. The summed E-state index contributed by atoms with van der Waals surface area (Å²) in [5.74, 6) is 1.20. The number of aromatic amines is 1. The summed E-state index contributed by atoms with van der Waals surface area (Å²) < 4.78 is 10.7. The van der Waals surface area contributed by atoms with Gasteiger partial charge in [0.1, 0.15) is 0 Å². The van der Waals surface area contributed by atoms with Gasteiger partial charge in [0.15, 0.2) is 17.2 Å². The summed E-state index contributed by atoms with van der Waals surface area (Å²) in [5, 5.41) is 12.2. The number of ether oxygens (including phenoxy) is 2. The van der Waals surface area contributed by atoms with Crippen LogP contribution in [0, 0.1) is 0 Å². The second-order valence-electron chi connectivity index (χ2n) is 6.11. The Morgan fingerprint density at radius 3 is 2.81 bits per heavy atom. The smallest absolute Gasteiger partial charge is 0.272 e. The molecule has 3 aromatic rings. The van der Waals surface area contributed by atoms with Crippen LogP contribution in [0.15, 0.2) is 35.7 Å². The molecule has 0 bridgehead atoms. The van der Waals surface area contributed by atoms with Crippen LogP contribution in [0.5, 0.6) is 11.5 Å². The number of benzene rings is 1. The molecule has 2 heterocycles. The molecule has 1 amide bonds. The Morgan fingerprint density at radius 1 is 1.27 bits per heavy atom. The number of amides is 1. The van der Waals surface area contributed by atoms with Gasteiger partial charge in [0, 0.05) is 0 Å². The fourth-order valence-electron chi connectivity index (χ4n) is 3.31. The number of rotatable bonds is 5. The Bertz CT molecular complexity index is 934. The number of hydrogen-bond acceptors (Lipinski definition) is 5. The number of thiophene rings is 1. The summed E-state index contributed by atoms with van der Waals surface area (Å²) in [4.78, 5) is 13.7. The standard InChI is InChI=1S/C19H19N3O3S/c1-24-16-8-11-5-6-13(12(11)9-17(16)25-2)20-19(23)15-10-14(21-22-15)18-4-3-7-26-18/h3-4,7-10,13H,5-6H2,1-2H3,(H,20,23)(H,21,22)/t13-/m0/s1. The predicted molar refractivity (Wildman–Crippen MR) is 100.0 cm³/mol. The van der Waals surface area contributed by atoms with Gasteiger partial charge in [-0.3, -0.25) is 9.89 Å². The van der Waals surface area contributed by atoms with E-state index in [2.05, 4.69) is 15.5 Å². The van der Waals surface area contributed by atoms with Crippen LogP contribution in [0.3, 0.4) is 0 Å². The summed E-state index contributed by atoms with van der Waals surface area (Å²) in [5.41, 5.74) is 3.49. The van der Waals surface area contributed by atoms with Crippen LogP contribution in [0.25, 0.3) is 10.6 Å². The SMILES string of the molecule is COc1cc2c(cc1OC)[C@@H](NC(=O)c1cc(-c3cccs3)[nH]n1)CC2. The van der Waals surface area contributed by atoms with Gasteiger partial charge in [-0.25, -0.2) is 0 Å². The van der Waals surface area contributed by atoms with E-state index in [-0.39, 0.29) is 11.9 Å². The van der Waals surface area contributed by atoms with Gasteiger partial charge in [-0.15, -0.1) is 11.3 Å². The van der Waals surface area contributed by atoms with Crippen LogP contribution in [-0.2, 0) is 6.42 Å². The molecule has 1 aliphatic carbocycles. The third-order valence-electron chi connectivity index (χ3n) is 4.63. The van der Waals surface area contributed by atoms with Gasteiger partial charge in [0.2, 0.25) is 0 Å². The Balaban J connectivity index is 1.53. The molecular weight excluding hydrogens is 350 g/mol. The molecule has 2 aromatic heterocycles. The third-order valence-corrected chi connectivity index (χ3v) is 5.53. The number of nitrogens with zero attached hydrogens (tertiary/aromatic N) is 1. The third kappa shape index (κ3) is 2.94. The summed E-state index contributed by atoms with van der Waals surface area (Å²) >= 11 is 1.60. The summed E-state index contributed by atoms with van der Waals surface area (Å²) in [6, 6.07) is 9.63. The fourth-order valence-corrected chi connectivity index (χ4v) is 4.00. The average molecular weight is 369 g/mol. The largest absolute Gasteiger partial charge is 0.493 e. The Kier molecular flexibility index (Phi) is 4.38. The molecule has 0 spiro atoms. The zero-order chi connectivity index (χ0) is 18.1. The number of H-pyrrole nitrogens is 1. The van der Waals surface area contributed by atoms with Crippen molar-refractivity contribution in [2.75, 3.05) is 14.2 Å². The topological polar surface area (TPSA) is 76.2 Å². The zero-order valence-corrected chi connectivity index (χ0v) is 15.4. The van der Waals surface area contributed by atoms with Gasteiger partial charge in [0.25, 0.3) is 5.91 Å². The summed E-state index contributed by atoms with van der Waals surface area (Å²) in [6.45, 7) is 0. The van der Waals surface area contributed by atoms with Crippen LogP contribution < -0.4 is 14.8 Å². The van der Waals surface area contributed by atoms with E-state index in [4.69, 9.17) is 9.47 Å². The Morgan fingerprint density at radius 2 is 2.08 bits per heavy atom. The van der Waals surface area contributed by atoms with E-state index >= 15 is 0 Å². The van der Waals surface area contributed by atoms with Crippen molar-refractivity contribution in [1.82, 2.24) is 15.5 Å². The van der Waals surface area contributed by atoms with Gasteiger partial charge >= 0.3 is 0 Å². The molecule has 0 radical (unpaired) electrons. The first-order valence-electron chi connectivity index (χ1n) is 8.34. The normalized spacial score (nSPS) is 15.5. The number of aryl methyl sites for hydroxylation is 1. The number of aromatic nitrogens is 2. The van der Waals surface area contributed by atoms with Crippen molar-refractivity contribution >= 4 is 17.2 Å². The number of fused-ring (bicyclic) bond motifs is 1. The highest BCUT2D eigenvalue weighted by molar-refractivity contribution is 7.13. The number of hydrogen-bond donors (Lipinski definition) is 2. The lowest BCUT2D eigenvalue weighted by Crippen LogP contribution is -2.27. The van der Waals surface area contributed by atoms with Gasteiger partial charge in [-0.1, -0.05) is 6.07 Å². The Hall–Kier alpha value is -2.80. The van der Waals surface area contributed by atoms with Gasteiger partial charge < -0.3 is 14.8 Å². The quantitative estimate of drug-likeness (QED) is 0.721. The minimum absolute atomic E-state index is 0.0563. The molecule has 1 aromatic carbocycles. The number of carbonyl (C=O) groups is 1. The molecule has 4 rings (SSSR count). The zero-order valence-electron chi connectivity index (χ0n) is 14.5. The maximum Gasteiger partial charge on any atom is 0.272 e. The van der Waals surface area contributed by atoms with E-state index in [0.717, 1.165) is 29.0 Å². The molecule has 6 nitrogen and oxygen atoms in total. The minimum atomic E-state index is -0.184. The van der Waals surface area contributed by atoms with E-state index in [1.54, 1.807) is 31.6 Å². The lowest BCUT2D eigenvalue weighted by Gasteiger charge is -2.15. The van der Waals surface area contributed by atoms with Gasteiger partial charge in [-0.2, -0.15) is 5.10 Å². The van der Waals surface area contributed by atoms with Crippen molar-refractivity contribution in [3.8, 4) is 22.1 Å². The summed E-state index contributed by atoms with van der Waals surface area (Å²) in [7, 11) is 3.24. The van der Waals surface area contributed by atoms with Crippen molar-refractivity contribution in [1.29, 1.82) is 0 Å². The highest BCUT2D eigenvalue weighted by Crippen LogP contribution is 2.39. The molecule has 0 aliphatic heterocycles. The van der Waals surface area contributed by atoms with Crippen molar-refractivity contribution in [3.63, 3.8) is 0 Å². The van der Waals surface area contributed by atoms with Crippen molar-refractivity contribution in [2.24, 2.45) is 0 Å².